The molecule has 0 aliphatic carbocycles. The normalized spacial score (nSPS) is 14.9. The highest BCUT2D eigenvalue weighted by atomic mass is 19.4. The van der Waals surface area contributed by atoms with E-state index in [-0.39, 0.29) is 16.8 Å². The van der Waals surface area contributed by atoms with E-state index in [4.69, 9.17) is 5.73 Å². The minimum Gasteiger partial charge on any atom is -0.368 e. The highest BCUT2D eigenvalue weighted by Gasteiger charge is 2.36. The van der Waals surface area contributed by atoms with E-state index in [1.54, 1.807) is 4.90 Å². The second kappa shape index (κ2) is 7.40. The highest BCUT2D eigenvalue weighted by Crippen LogP contribution is 2.35. The van der Waals surface area contributed by atoms with Crippen molar-refractivity contribution in [1.29, 1.82) is 0 Å². The fourth-order valence-corrected chi connectivity index (χ4v) is 3.23. The smallest absolute Gasteiger partial charge is 0.368 e. The van der Waals surface area contributed by atoms with Gasteiger partial charge in [0.1, 0.15) is 0 Å². The molecule has 3 N–H and O–H groups in total. The first kappa shape index (κ1) is 18.9. The zero-order chi connectivity index (χ0) is 19.6. The molecule has 0 spiro atoms. The van der Waals surface area contributed by atoms with E-state index >= 15 is 0 Å². The molecule has 1 aliphatic heterocycles. The third kappa shape index (κ3) is 3.80. The van der Waals surface area contributed by atoms with Gasteiger partial charge in [0.2, 0.25) is 0 Å². The Bertz CT molecular complexity index is 875. The highest BCUT2D eigenvalue weighted by molar-refractivity contribution is 6.16. The van der Waals surface area contributed by atoms with Crippen molar-refractivity contribution in [3.63, 3.8) is 0 Å². The first-order valence-electron chi connectivity index (χ1n) is 8.40. The van der Waals surface area contributed by atoms with Gasteiger partial charge in [-0.05, 0) is 18.2 Å². The van der Waals surface area contributed by atoms with Crippen LogP contribution in [0.4, 0.5) is 18.9 Å². The zero-order valence-corrected chi connectivity index (χ0v) is 14.3. The summed E-state index contributed by atoms with van der Waals surface area (Å²) in [7, 11) is 0. The Morgan fingerprint density at radius 2 is 1.52 bits per heavy atom. The average molecular weight is 377 g/mol. The van der Waals surface area contributed by atoms with Gasteiger partial charge in [-0.3, -0.25) is 9.59 Å². The summed E-state index contributed by atoms with van der Waals surface area (Å²) in [5.74, 6) is -1.53. The van der Waals surface area contributed by atoms with E-state index in [1.807, 2.05) is 0 Å². The van der Waals surface area contributed by atoms with Crippen molar-refractivity contribution in [2.45, 2.75) is 6.18 Å². The van der Waals surface area contributed by atoms with Gasteiger partial charge in [0.05, 0.1) is 16.8 Å². The third-order valence-electron chi connectivity index (χ3n) is 4.46. The maximum absolute atomic E-state index is 13.3. The summed E-state index contributed by atoms with van der Waals surface area (Å²) in [6, 6.07) is 8.99. The molecule has 1 aliphatic rings. The van der Waals surface area contributed by atoms with Gasteiger partial charge in [-0.1, -0.05) is 24.3 Å². The molecule has 0 bridgehead atoms. The van der Waals surface area contributed by atoms with Crippen LogP contribution in [0.2, 0.25) is 0 Å². The van der Waals surface area contributed by atoms with Crippen molar-refractivity contribution in [3.8, 4) is 0 Å². The summed E-state index contributed by atoms with van der Waals surface area (Å²) in [6.07, 6.45) is -4.66. The van der Waals surface area contributed by atoms with Crippen LogP contribution in [0.15, 0.2) is 42.5 Å². The summed E-state index contributed by atoms with van der Waals surface area (Å²) < 4.78 is 40.0. The van der Waals surface area contributed by atoms with Crippen molar-refractivity contribution < 1.29 is 22.8 Å². The molecule has 3 rings (SSSR count). The van der Waals surface area contributed by atoms with Crippen LogP contribution in [0.3, 0.4) is 0 Å². The molecule has 0 aromatic heterocycles. The second-order valence-electron chi connectivity index (χ2n) is 6.18. The fraction of sp³-hybridized carbons (Fsp3) is 0.263. The largest absolute Gasteiger partial charge is 0.417 e. The number of carbonyl (C=O) groups is 2. The summed E-state index contributed by atoms with van der Waals surface area (Å²) in [5, 5.41) is 3.15. The molecule has 1 fully saturated rings. The number of rotatable bonds is 4. The SMILES string of the molecule is NC(=O)c1cccc(C(=O)c2ccccc2C(F)(F)F)c1N1CCNCC1. The predicted octanol–water partition coefficient (Wildman–Crippen LogP) is 2.44. The Labute approximate surface area is 154 Å². The van der Waals surface area contributed by atoms with Crippen LogP contribution in [-0.2, 0) is 6.18 Å². The van der Waals surface area contributed by atoms with E-state index in [1.165, 1.54) is 30.3 Å². The van der Waals surface area contributed by atoms with Crippen LogP contribution >= 0.6 is 0 Å². The molecule has 27 heavy (non-hydrogen) atoms. The van der Waals surface area contributed by atoms with E-state index in [2.05, 4.69) is 5.32 Å². The van der Waals surface area contributed by atoms with Crippen molar-refractivity contribution >= 4 is 17.4 Å². The number of hydrogen-bond donors (Lipinski definition) is 2. The lowest BCUT2D eigenvalue weighted by atomic mass is 9.94. The fourth-order valence-electron chi connectivity index (χ4n) is 3.23. The van der Waals surface area contributed by atoms with Gasteiger partial charge in [-0.15, -0.1) is 0 Å². The van der Waals surface area contributed by atoms with Crippen molar-refractivity contribution in [2.75, 3.05) is 31.1 Å². The lowest BCUT2D eigenvalue weighted by Gasteiger charge is -2.32. The number of primary amides is 1. The van der Waals surface area contributed by atoms with E-state index in [0.717, 1.165) is 12.1 Å². The van der Waals surface area contributed by atoms with Crippen LogP contribution in [-0.4, -0.2) is 37.9 Å². The van der Waals surface area contributed by atoms with Crippen molar-refractivity contribution in [1.82, 2.24) is 5.32 Å². The summed E-state index contributed by atoms with van der Waals surface area (Å²) in [5.41, 5.74) is 4.43. The van der Waals surface area contributed by atoms with Gasteiger partial charge in [0.25, 0.3) is 5.91 Å². The number of amides is 1. The van der Waals surface area contributed by atoms with Crippen molar-refractivity contribution in [2.24, 2.45) is 5.73 Å². The molecule has 8 heteroatoms. The summed E-state index contributed by atoms with van der Waals surface area (Å²) in [4.78, 5) is 26.8. The molecule has 0 unspecified atom stereocenters. The molecule has 1 heterocycles. The van der Waals surface area contributed by atoms with Crippen molar-refractivity contribution in [3.05, 3.63) is 64.7 Å². The van der Waals surface area contributed by atoms with Gasteiger partial charge in [0.15, 0.2) is 5.78 Å². The van der Waals surface area contributed by atoms with Crippen LogP contribution in [0.1, 0.15) is 31.8 Å². The lowest BCUT2D eigenvalue weighted by Crippen LogP contribution is -2.45. The number of anilines is 1. The predicted molar refractivity (Wildman–Crippen MR) is 94.9 cm³/mol. The standard InChI is InChI=1S/C19H18F3N3O2/c20-19(21,22)15-7-2-1-4-12(15)17(26)13-5-3-6-14(18(23)27)16(13)25-10-8-24-9-11-25/h1-7,24H,8-11H2,(H2,23,27). The van der Waals surface area contributed by atoms with Crippen LogP contribution in [0, 0.1) is 0 Å². The van der Waals surface area contributed by atoms with Gasteiger partial charge in [0, 0.05) is 37.3 Å². The molecular formula is C19H18F3N3O2. The molecule has 2 aromatic rings. The number of nitrogens with one attached hydrogen (secondary N) is 1. The quantitative estimate of drug-likeness (QED) is 0.803. The Hall–Kier alpha value is -2.87. The minimum absolute atomic E-state index is 0.0323. The maximum atomic E-state index is 13.3. The molecule has 0 atom stereocenters. The number of nitrogens with two attached hydrogens (primary N) is 1. The minimum atomic E-state index is -4.66. The second-order valence-corrected chi connectivity index (χ2v) is 6.18. The number of para-hydroxylation sites is 1. The third-order valence-corrected chi connectivity index (χ3v) is 4.46. The zero-order valence-electron chi connectivity index (χ0n) is 14.3. The van der Waals surface area contributed by atoms with Gasteiger partial charge in [-0.25, -0.2) is 0 Å². The van der Waals surface area contributed by atoms with Crippen LogP contribution in [0.5, 0.6) is 0 Å². The number of carbonyl (C=O) groups excluding carboxylic acids is 2. The van der Waals surface area contributed by atoms with E-state index in [0.29, 0.717) is 26.2 Å². The number of alkyl halides is 3. The number of nitrogens with zero attached hydrogens (tertiary/aromatic N) is 1. The lowest BCUT2D eigenvalue weighted by molar-refractivity contribution is -0.137. The maximum Gasteiger partial charge on any atom is 0.417 e. The number of benzene rings is 2. The monoisotopic (exact) mass is 377 g/mol. The number of halogens is 3. The van der Waals surface area contributed by atoms with Gasteiger partial charge >= 0.3 is 6.18 Å². The topological polar surface area (TPSA) is 75.4 Å². The Kier molecular flexibility index (Phi) is 5.18. The summed E-state index contributed by atoms with van der Waals surface area (Å²) >= 11 is 0. The molecule has 5 nitrogen and oxygen atoms in total. The summed E-state index contributed by atoms with van der Waals surface area (Å²) in [6.45, 7) is 2.26. The first-order chi connectivity index (χ1) is 12.8. The van der Waals surface area contributed by atoms with Gasteiger partial charge in [-0.2, -0.15) is 13.2 Å². The number of hydrogen-bond acceptors (Lipinski definition) is 4. The molecule has 142 valence electrons. The Balaban J connectivity index is 2.16. The molecule has 1 amide bonds. The van der Waals surface area contributed by atoms with Crippen LogP contribution < -0.4 is 16.0 Å². The number of ketones is 1. The Morgan fingerprint density at radius 3 is 2.15 bits per heavy atom. The molecule has 1 saturated heterocycles. The Morgan fingerprint density at radius 1 is 0.926 bits per heavy atom. The van der Waals surface area contributed by atoms with E-state index < -0.39 is 29.0 Å². The molecule has 0 saturated carbocycles. The van der Waals surface area contributed by atoms with E-state index in [9.17, 15) is 22.8 Å². The first-order valence-corrected chi connectivity index (χ1v) is 8.40. The number of piperazine rings is 1. The van der Waals surface area contributed by atoms with Crippen LogP contribution in [0.25, 0.3) is 0 Å². The molecular weight excluding hydrogens is 359 g/mol. The molecule has 2 aromatic carbocycles. The van der Waals surface area contributed by atoms with Gasteiger partial charge < -0.3 is 16.0 Å². The average Bonchev–Trinajstić information content (AvgIpc) is 2.66. The molecule has 0 radical (unpaired) electrons.